The summed E-state index contributed by atoms with van der Waals surface area (Å²) in [5, 5.41) is 3.49. The highest BCUT2D eigenvalue weighted by Gasteiger charge is 2.29. The van der Waals surface area contributed by atoms with E-state index in [0.29, 0.717) is 41.7 Å². The zero-order valence-electron chi connectivity index (χ0n) is 18.6. The summed E-state index contributed by atoms with van der Waals surface area (Å²) < 4.78 is 33.2. The average Bonchev–Trinajstić information content (AvgIpc) is 3.06. The van der Waals surface area contributed by atoms with Gasteiger partial charge in [-0.25, -0.2) is 8.42 Å². The monoisotopic (exact) mass is 478 g/mol. The Kier molecular flexibility index (Phi) is 8.20. The second-order valence-electron chi connectivity index (χ2n) is 8.53. The molecular formula is C24H31ClN2O4S. The highest BCUT2D eigenvalue weighted by atomic mass is 35.5. The Morgan fingerprint density at radius 2 is 1.59 bits per heavy atom. The third-order valence-electron chi connectivity index (χ3n) is 5.56. The Morgan fingerprint density at radius 3 is 2.19 bits per heavy atom. The third-order valence-corrected chi connectivity index (χ3v) is 7.72. The molecule has 6 nitrogen and oxygen atoms in total. The van der Waals surface area contributed by atoms with Gasteiger partial charge in [0.15, 0.2) is 5.60 Å². The summed E-state index contributed by atoms with van der Waals surface area (Å²) in [5.41, 5.74) is -0.0876. The summed E-state index contributed by atoms with van der Waals surface area (Å²) in [4.78, 5) is 12.9. The molecule has 0 atom stereocenters. The first kappa shape index (κ1) is 24.6. The van der Waals surface area contributed by atoms with Gasteiger partial charge >= 0.3 is 0 Å². The average molecular weight is 479 g/mol. The third kappa shape index (κ3) is 6.47. The van der Waals surface area contributed by atoms with Crippen molar-refractivity contribution in [2.24, 2.45) is 0 Å². The van der Waals surface area contributed by atoms with Gasteiger partial charge in [0.2, 0.25) is 10.0 Å². The lowest BCUT2D eigenvalue weighted by molar-refractivity contribution is -0.134. The molecule has 0 aromatic heterocycles. The lowest BCUT2D eigenvalue weighted by Crippen LogP contribution is -2.47. The minimum Gasteiger partial charge on any atom is -0.478 e. The maximum absolute atomic E-state index is 12.9. The number of rotatable bonds is 8. The number of sulfonamides is 1. The number of halogens is 1. The highest BCUT2D eigenvalue weighted by molar-refractivity contribution is 7.89. The van der Waals surface area contributed by atoms with Gasteiger partial charge in [0.05, 0.1) is 4.90 Å². The number of nitrogens with one attached hydrogen (secondary N) is 1. The van der Waals surface area contributed by atoms with Crippen molar-refractivity contribution in [1.82, 2.24) is 9.62 Å². The molecule has 1 N–H and O–H groups in total. The SMILES string of the molecule is CC(C)(Oc1ccc(Cl)cc1)C(=O)NCCc1ccc(S(=O)(=O)N2CCCCCC2)cc1. The normalized spacial score (nSPS) is 15.7. The van der Waals surface area contributed by atoms with Crippen molar-refractivity contribution in [3.8, 4) is 5.75 Å². The molecule has 1 fully saturated rings. The first-order chi connectivity index (χ1) is 15.2. The summed E-state index contributed by atoms with van der Waals surface area (Å²) in [7, 11) is -3.45. The molecule has 1 saturated heterocycles. The number of hydrogen-bond acceptors (Lipinski definition) is 4. The predicted octanol–water partition coefficient (Wildman–Crippen LogP) is 4.42. The molecule has 2 aromatic carbocycles. The number of ether oxygens (including phenoxy) is 1. The van der Waals surface area contributed by atoms with E-state index in [9.17, 15) is 13.2 Å². The van der Waals surface area contributed by atoms with E-state index in [1.165, 1.54) is 0 Å². The molecule has 8 heteroatoms. The van der Waals surface area contributed by atoms with Crippen molar-refractivity contribution >= 4 is 27.5 Å². The summed E-state index contributed by atoms with van der Waals surface area (Å²) in [6.45, 7) is 5.01. The van der Waals surface area contributed by atoms with Crippen LogP contribution in [0.15, 0.2) is 53.4 Å². The molecule has 32 heavy (non-hydrogen) atoms. The van der Waals surface area contributed by atoms with Crippen LogP contribution in [0.1, 0.15) is 45.1 Å². The van der Waals surface area contributed by atoms with Crippen molar-refractivity contribution in [1.29, 1.82) is 0 Å². The van der Waals surface area contributed by atoms with Crippen LogP contribution in [0.3, 0.4) is 0 Å². The summed E-state index contributed by atoms with van der Waals surface area (Å²) in [5.74, 6) is 0.337. The smallest absolute Gasteiger partial charge is 0.263 e. The van der Waals surface area contributed by atoms with Gasteiger partial charge in [-0.2, -0.15) is 4.31 Å². The van der Waals surface area contributed by atoms with Crippen molar-refractivity contribution in [2.75, 3.05) is 19.6 Å². The lowest BCUT2D eigenvalue weighted by atomic mass is 10.1. The van der Waals surface area contributed by atoms with Gasteiger partial charge < -0.3 is 10.1 Å². The maximum Gasteiger partial charge on any atom is 0.263 e. The van der Waals surface area contributed by atoms with Gasteiger partial charge in [-0.1, -0.05) is 36.6 Å². The fourth-order valence-corrected chi connectivity index (χ4v) is 5.28. The second-order valence-corrected chi connectivity index (χ2v) is 10.9. The first-order valence-corrected chi connectivity index (χ1v) is 12.8. The molecule has 174 valence electrons. The number of amides is 1. The fraction of sp³-hybridized carbons (Fsp3) is 0.458. The van der Waals surface area contributed by atoms with E-state index >= 15 is 0 Å². The van der Waals surface area contributed by atoms with Crippen molar-refractivity contribution in [3.05, 3.63) is 59.1 Å². The molecule has 1 amide bonds. The minimum atomic E-state index is -3.45. The fourth-order valence-electron chi connectivity index (χ4n) is 3.64. The van der Waals surface area contributed by atoms with Gasteiger partial charge in [0.1, 0.15) is 5.75 Å². The van der Waals surface area contributed by atoms with E-state index in [1.807, 2.05) is 12.1 Å². The van der Waals surface area contributed by atoms with Gasteiger partial charge in [-0.15, -0.1) is 0 Å². The van der Waals surface area contributed by atoms with E-state index in [0.717, 1.165) is 31.2 Å². The van der Waals surface area contributed by atoms with Crippen LogP contribution in [0, 0.1) is 0 Å². The Bertz CT molecular complexity index is 997. The van der Waals surface area contributed by atoms with E-state index in [-0.39, 0.29) is 5.91 Å². The number of benzene rings is 2. The molecule has 2 aromatic rings. The molecule has 1 aliphatic rings. The van der Waals surface area contributed by atoms with Gasteiger partial charge in [0, 0.05) is 24.7 Å². The maximum atomic E-state index is 12.9. The van der Waals surface area contributed by atoms with Crippen molar-refractivity contribution in [2.45, 2.75) is 56.4 Å². The van der Waals surface area contributed by atoms with Crippen LogP contribution in [0.4, 0.5) is 0 Å². The van der Waals surface area contributed by atoms with E-state index in [1.54, 1.807) is 54.6 Å². The van der Waals surface area contributed by atoms with Crippen LogP contribution >= 0.6 is 11.6 Å². The number of carbonyl (C=O) groups excluding carboxylic acids is 1. The van der Waals surface area contributed by atoms with Crippen LogP contribution < -0.4 is 10.1 Å². The zero-order valence-corrected chi connectivity index (χ0v) is 20.2. The zero-order chi connectivity index (χ0) is 23.2. The van der Waals surface area contributed by atoms with E-state index in [4.69, 9.17) is 16.3 Å². The molecule has 3 rings (SSSR count). The minimum absolute atomic E-state index is 0.229. The quantitative estimate of drug-likeness (QED) is 0.609. The van der Waals surface area contributed by atoms with Gasteiger partial charge in [-0.05, 0) is 75.1 Å². The number of carbonyl (C=O) groups is 1. The molecule has 1 aliphatic heterocycles. The highest BCUT2D eigenvalue weighted by Crippen LogP contribution is 2.22. The standard InChI is InChI=1S/C24H31ClN2O4S/c1-24(2,31-21-11-9-20(25)10-12-21)23(28)26-16-15-19-7-13-22(14-8-19)32(29,30)27-17-5-3-4-6-18-27/h7-14H,3-6,15-18H2,1-2H3,(H,26,28). The number of hydrogen-bond donors (Lipinski definition) is 1. The summed E-state index contributed by atoms with van der Waals surface area (Å²) in [6.07, 6.45) is 4.58. The molecule has 0 bridgehead atoms. The Labute approximate surface area is 196 Å². The topological polar surface area (TPSA) is 75.7 Å². The molecule has 0 aliphatic carbocycles. The van der Waals surface area contributed by atoms with E-state index in [2.05, 4.69) is 5.32 Å². The summed E-state index contributed by atoms with van der Waals surface area (Å²) >= 11 is 5.88. The lowest BCUT2D eigenvalue weighted by Gasteiger charge is -2.25. The molecule has 0 unspecified atom stereocenters. The Morgan fingerprint density at radius 1 is 1.00 bits per heavy atom. The van der Waals surface area contributed by atoms with Crippen LogP contribution in [0.25, 0.3) is 0 Å². The van der Waals surface area contributed by atoms with Crippen LogP contribution in [0.2, 0.25) is 5.02 Å². The largest absolute Gasteiger partial charge is 0.478 e. The Hall–Kier alpha value is -2.09. The molecule has 1 heterocycles. The molecular weight excluding hydrogens is 448 g/mol. The predicted molar refractivity (Wildman–Crippen MR) is 127 cm³/mol. The molecule has 0 saturated carbocycles. The number of nitrogens with zero attached hydrogens (tertiary/aromatic N) is 1. The van der Waals surface area contributed by atoms with Crippen molar-refractivity contribution in [3.63, 3.8) is 0 Å². The van der Waals surface area contributed by atoms with Gasteiger partial charge in [-0.3, -0.25) is 4.79 Å². The van der Waals surface area contributed by atoms with E-state index < -0.39 is 15.6 Å². The Balaban J connectivity index is 1.52. The first-order valence-electron chi connectivity index (χ1n) is 11.0. The van der Waals surface area contributed by atoms with Crippen LogP contribution in [0.5, 0.6) is 5.75 Å². The molecule has 0 radical (unpaired) electrons. The molecule has 0 spiro atoms. The van der Waals surface area contributed by atoms with Gasteiger partial charge in [0.25, 0.3) is 5.91 Å². The summed E-state index contributed by atoms with van der Waals surface area (Å²) in [6, 6.07) is 13.8. The van der Waals surface area contributed by atoms with Crippen molar-refractivity contribution < 1.29 is 17.9 Å². The van der Waals surface area contributed by atoms with Crippen LogP contribution in [-0.2, 0) is 21.2 Å². The van der Waals surface area contributed by atoms with Crippen LogP contribution in [-0.4, -0.2) is 43.9 Å². The second kappa shape index (κ2) is 10.7.